The van der Waals surface area contributed by atoms with Gasteiger partial charge in [0.2, 0.25) is 0 Å². The maximum atomic E-state index is 6.23. The average molecular weight is 251 g/mol. The van der Waals surface area contributed by atoms with Crippen LogP contribution in [0, 0.1) is 0 Å². The Hall–Kier alpha value is -1.80. The van der Waals surface area contributed by atoms with Crippen LogP contribution in [-0.2, 0) is 10.3 Å². The maximum Gasteiger partial charge on any atom is 0.119 e. The molecular weight excluding hydrogens is 234 g/mol. The van der Waals surface area contributed by atoms with Crippen LogP contribution in [0.1, 0.15) is 23.5 Å². The Labute approximate surface area is 113 Å². The van der Waals surface area contributed by atoms with Gasteiger partial charge in [0, 0.05) is 30.3 Å². The third-order valence-electron chi connectivity index (χ3n) is 4.46. The molecule has 2 aromatic carbocycles. The third-order valence-corrected chi connectivity index (χ3v) is 4.46. The number of para-hydroxylation sites is 1. The van der Waals surface area contributed by atoms with Gasteiger partial charge in [0.15, 0.2) is 0 Å². The van der Waals surface area contributed by atoms with Gasteiger partial charge < -0.3 is 10.1 Å². The largest absolute Gasteiger partial charge is 0.381 e. The lowest BCUT2D eigenvalue weighted by atomic mass is 9.78. The van der Waals surface area contributed by atoms with Gasteiger partial charge in [-0.05, 0) is 18.1 Å². The van der Waals surface area contributed by atoms with Crippen molar-refractivity contribution in [2.45, 2.75) is 17.9 Å². The molecule has 1 N–H and O–H groups in total. The molecule has 4 rings (SSSR count). The number of anilines is 1. The number of hydrogen-bond donors (Lipinski definition) is 1. The van der Waals surface area contributed by atoms with E-state index >= 15 is 0 Å². The zero-order valence-electron chi connectivity index (χ0n) is 10.8. The first-order valence-electron chi connectivity index (χ1n) is 6.92. The molecule has 0 amide bonds. The Balaban J connectivity index is 1.83. The van der Waals surface area contributed by atoms with Crippen molar-refractivity contribution >= 4 is 5.69 Å². The molecule has 1 saturated heterocycles. The molecule has 0 aromatic heterocycles. The summed E-state index contributed by atoms with van der Waals surface area (Å²) in [6.45, 7) is 1.72. The number of ether oxygens (including phenoxy) is 1. The van der Waals surface area contributed by atoms with E-state index in [-0.39, 0.29) is 5.60 Å². The van der Waals surface area contributed by atoms with Gasteiger partial charge >= 0.3 is 0 Å². The Morgan fingerprint density at radius 3 is 2.68 bits per heavy atom. The highest BCUT2D eigenvalue weighted by Gasteiger charge is 2.50. The summed E-state index contributed by atoms with van der Waals surface area (Å²) in [6.07, 6.45) is 1.10. The quantitative estimate of drug-likeness (QED) is 0.837. The lowest BCUT2D eigenvalue weighted by molar-refractivity contribution is 0.00755. The fourth-order valence-electron chi connectivity index (χ4n) is 3.58. The molecule has 0 bridgehead atoms. The molecule has 1 fully saturated rings. The van der Waals surface area contributed by atoms with Crippen LogP contribution in [0.4, 0.5) is 5.69 Å². The minimum absolute atomic E-state index is 0.169. The molecule has 96 valence electrons. The fourth-order valence-corrected chi connectivity index (χ4v) is 3.58. The van der Waals surface area contributed by atoms with Gasteiger partial charge in [0.1, 0.15) is 5.60 Å². The predicted molar refractivity (Wildman–Crippen MR) is 76.4 cm³/mol. The van der Waals surface area contributed by atoms with Crippen LogP contribution in [0.2, 0.25) is 0 Å². The topological polar surface area (TPSA) is 21.3 Å². The highest BCUT2D eigenvalue weighted by molar-refractivity contribution is 5.61. The van der Waals surface area contributed by atoms with Crippen molar-refractivity contribution in [1.29, 1.82) is 0 Å². The first-order chi connectivity index (χ1) is 9.40. The Kier molecular flexibility index (Phi) is 2.39. The molecule has 2 heteroatoms. The van der Waals surface area contributed by atoms with Gasteiger partial charge in [0.05, 0.1) is 0 Å². The molecular formula is C17H17NO. The van der Waals surface area contributed by atoms with Crippen molar-refractivity contribution in [2.24, 2.45) is 0 Å². The van der Waals surface area contributed by atoms with E-state index < -0.39 is 0 Å². The van der Waals surface area contributed by atoms with Crippen LogP contribution in [0.25, 0.3) is 0 Å². The average Bonchev–Trinajstić information content (AvgIpc) is 3.07. The minimum Gasteiger partial charge on any atom is -0.381 e. The van der Waals surface area contributed by atoms with Crippen molar-refractivity contribution in [2.75, 3.05) is 18.5 Å². The number of fused-ring (bicyclic) bond motifs is 2. The second kappa shape index (κ2) is 4.10. The second-order valence-corrected chi connectivity index (χ2v) is 5.39. The van der Waals surface area contributed by atoms with Crippen molar-refractivity contribution in [3.8, 4) is 0 Å². The minimum atomic E-state index is -0.169. The van der Waals surface area contributed by atoms with Crippen molar-refractivity contribution in [1.82, 2.24) is 0 Å². The molecule has 2 aliphatic rings. The number of benzene rings is 2. The zero-order valence-corrected chi connectivity index (χ0v) is 10.8. The Morgan fingerprint density at radius 2 is 1.79 bits per heavy atom. The molecule has 0 saturated carbocycles. The van der Waals surface area contributed by atoms with Crippen LogP contribution < -0.4 is 5.32 Å². The van der Waals surface area contributed by atoms with Gasteiger partial charge in [-0.2, -0.15) is 0 Å². The predicted octanol–water partition coefficient (Wildman–Crippen LogP) is 3.51. The third kappa shape index (κ3) is 1.53. The summed E-state index contributed by atoms with van der Waals surface area (Å²) in [5, 5.41) is 3.51. The van der Waals surface area contributed by atoms with E-state index in [1.807, 2.05) is 0 Å². The van der Waals surface area contributed by atoms with E-state index in [2.05, 4.69) is 59.9 Å². The molecule has 2 aromatic rings. The van der Waals surface area contributed by atoms with Gasteiger partial charge in [-0.1, -0.05) is 48.5 Å². The molecule has 19 heavy (non-hydrogen) atoms. The molecule has 0 radical (unpaired) electrons. The fraction of sp³-hybridized carbons (Fsp3) is 0.294. The molecule has 0 aliphatic carbocycles. The van der Waals surface area contributed by atoms with E-state index in [9.17, 15) is 0 Å². The number of rotatable bonds is 1. The molecule has 1 spiro atoms. The lowest BCUT2D eigenvalue weighted by Crippen LogP contribution is -2.33. The van der Waals surface area contributed by atoms with Crippen LogP contribution >= 0.6 is 0 Å². The van der Waals surface area contributed by atoms with Crippen molar-refractivity contribution in [3.63, 3.8) is 0 Å². The monoisotopic (exact) mass is 251 g/mol. The van der Waals surface area contributed by atoms with E-state index in [1.165, 1.54) is 16.8 Å². The first kappa shape index (κ1) is 11.1. The summed E-state index contributed by atoms with van der Waals surface area (Å²) in [7, 11) is 0. The summed E-state index contributed by atoms with van der Waals surface area (Å²) in [5.74, 6) is 0.449. The zero-order chi connectivity index (χ0) is 12.7. The normalized spacial score (nSPS) is 28.3. The molecule has 2 heterocycles. The maximum absolute atomic E-state index is 6.23. The Bertz CT molecular complexity index is 595. The number of hydrogen-bond acceptors (Lipinski definition) is 2. The van der Waals surface area contributed by atoms with Gasteiger partial charge in [-0.3, -0.25) is 0 Å². The van der Waals surface area contributed by atoms with Crippen LogP contribution in [0.15, 0.2) is 54.6 Å². The summed E-state index contributed by atoms with van der Waals surface area (Å²) in [5.41, 5.74) is 3.77. The first-order valence-corrected chi connectivity index (χ1v) is 6.92. The SMILES string of the molecule is c1ccc(C2CCOC23CNc2ccccc23)cc1. The molecule has 2 atom stereocenters. The van der Waals surface area contributed by atoms with E-state index in [4.69, 9.17) is 4.74 Å². The van der Waals surface area contributed by atoms with E-state index in [0.29, 0.717) is 5.92 Å². The molecule has 2 unspecified atom stereocenters. The highest BCUT2D eigenvalue weighted by Crippen LogP contribution is 2.52. The summed E-state index contributed by atoms with van der Waals surface area (Å²) >= 11 is 0. The highest BCUT2D eigenvalue weighted by atomic mass is 16.5. The van der Waals surface area contributed by atoms with Crippen LogP contribution in [0.3, 0.4) is 0 Å². The van der Waals surface area contributed by atoms with Crippen LogP contribution in [-0.4, -0.2) is 13.2 Å². The summed E-state index contributed by atoms with van der Waals surface area (Å²) in [6, 6.07) is 19.3. The lowest BCUT2D eigenvalue weighted by Gasteiger charge is -2.30. The smallest absolute Gasteiger partial charge is 0.119 e. The Morgan fingerprint density at radius 1 is 1.00 bits per heavy atom. The van der Waals surface area contributed by atoms with Crippen molar-refractivity contribution in [3.05, 3.63) is 65.7 Å². The van der Waals surface area contributed by atoms with Crippen molar-refractivity contribution < 1.29 is 4.74 Å². The van der Waals surface area contributed by atoms with Gasteiger partial charge in [0.25, 0.3) is 0 Å². The molecule has 2 aliphatic heterocycles. The molecule has 2 nitrogen and oxygen atoms in total. The van der Waals surface area contributed by atoms with Crippen LogP contribution in [0.5, 0.6) is 0 Å². The standard InChI is InChI=1S/C17H17NO/c1-2-6-13(7-3-1)14-10-11-19-17(14)12-18-16-9-5-4-8-15(16)17/h1-9,14,18H,10-12H2. The van der Waals surface area contributed by atoms with E-state index in [1.54, 1.807) is 0 Å². The summed E-state index contributed by atoms with van der Waals surface area (Å²) < 4.78 is 6.23. The van der Waals surface area contributed by atoms with E-state index in [0.717, 1.165) is 19.6 Å². The second-order valence-electron chi connectivity index (χ2n) is 5.39. The van der Waals surface area contributed by atoms with Gasteiger partial charge in [-0.25, -0.2) is 0 Å². The number of nitrogens with one attached hydrogen (secondary N) is 1. The summed E-state index contributed by atoms with van der Waals surface area (Å²) in [4.78, 5) is 0. The van der Waals surface area contributed by atoms with Gasteiger partial charge in [-0.15, -0.1) is 0 Å².